The van der Waals surface area contributed by atoms with Crippen LogP contribution in [0.15, 0.2) is 66.9 Å². The topological polar surface area (TPSA) is 39.1 Å². The number of ether oxygens (including phenoxy) is 1. The van der Waals surface area contributed by atoms with Crippen molar-refractivity contribution in [1.82, 2.24) is 15.1 Å². The van der Waals surface area contributed by atoms with E-state index in [4.69, 9.17) is 9.84 Å². The number of fused-ring (bicyclic) bond motifs is 2. The molecule has 1 aliphatic heterocycles. The number of hydrogen-bond donors (Lipinski definition) is 1. The summed E-state index contributed by atoms with van der Waals surface area (Å²) in [5.74, 6) is 1.04. The molecule has 1 atom stereocenters. The highest BCUT2D eigenvalue weighted by molar-refractivity contribution is 5.90. The summed E-state index contributed by atoms with van der Waals surface area (Å²) in [4.78, 5) is 0. The molecule has 4 nitrogen and oxygen atoms in total. The van der Waals surface area contributed by atoms with Gasteiger partial charge in [-0.05, 0) is 42.5 Å². The first-order chi connectivity index (χ1) is 14.2. The van der Waals surface area contributed by atoms with Gasteiger partial charge in [0.05, 0.1) is 18.5 Å². The fourth-order valence-corrected chi connectivity index (χ4v) is 4.21. The molecule has 146 valence electrons. The number of benzene rings is 3. The van der Waals surface area contributed by atoms with Crippen molar-refractivity contribution >= 4 is 10.8 Å². The molecule has 0 aliphatic carbocycles. The molecule has 0 amide bonds. The van der Waals surface area contributed by atoms with E-state index < -0.39 is 0 Å². The van der Waals surface area contributed by atoms with Gasteiger partial charge in [-0.15, -0.1) is 0 Å². The summed E-state index contributed by atoms with van der Waals surface area (Å²) in [5, 5.41) is 10.8. The Morgan fingerprint density at radius 2 is 1.97 bits per heavy atom. The van der Waals surface area contributed by atoms with Crippen LogP contribution in [-0.2, 0) is 13.0 Å². The van der Waals surface area contributed by atoms with E-state index in [-0.39, 0.29) is 6.04 Å². The lowest BCUT2D eigenvalue weighted by Crippen LogP contribution is -2.18. The van der Waals surface area contributed by atoms with Gasteiger partial charge in [0.1, 0.15) is 5.75 Å². The van der Waals surface area contributed by atoms with Crippen molar-refractivity contribution in [3.8, 4) is 11.4 Å². The van der Waals surface area contributed by atoms with Gasteiger partial charge in [0.2, 0.25) is 0 Å². The molecule has 1 aromatic heterocycles. The number of aromatic nitrogens is 2. The van der Waals surface area contributed by atoms with Crippen LogP contribution < -0.4 is 10.1 Å². The molecule has 0 radical (unpaired) electrons. The zero-order valence-corrected chi connectivity index (χ0v) is 16.9. The van der Waals surface area contributed by atoms with Gasteiger partial charge in [0.15, 0.2) is 0 Å². The number of nitrogens with one attached hydrogen (secondary N) is 1. The SMILES string of the molecule is Cc1c(C(C)NCc2ccc3c(c2)CCO3)cnn1-c1cccc2ccccc12. The molecular weight excluding hydrogens is 358 g/mol. The van der Waals surface area contributed by atoms with Crippen LogP contribution >= 0.6 is 0 Å². The van der Waals surface area contributed by atoms with Crippen LogP contribution in [0.1, 0.15) is 35.3 Å². The second kappa shape index (κ2) is 7.37. The van der Waals surface area contributed by atoms with Crippen molar-refractivity contribution in [3.05, 3.63) is 89.2 Å². The lowest BCUT2D eigenvalue weighted by molar-refractivity contribution is 0.357. The Morgan fingerprint density at radius 1 is 1.10 bits per heavy atom. The Morgan fingerprint density at radius 3 is 2.90 bits per heavy atom. The smallest absolute Gasteiger partial charge is 0.122 e. The molecule has 3 aromatic carbocycles. The van der Waals surface area contributed by atoms with E-state index >= 15 is 0 Å². The quantitative estimate of drug-likeness (QED) is 0.520. The average molecular weight is 383 g/mol. The molecule has 1 unspecified atom stereocenters. The third-order valence-corrected chi connectivity index (χ3v) is 5.88. The van der Waals surface area contributed by atoms with Gasteiger partial charge < -0.3 is 10.1 Å². The molecule has 4 aromatic rings. The van der Waals surface area contributed by atoms with Crippen molar-refractivity contribution in [1.29, 1.82) is 0 Å². The molecule has 5 rings (SSSR count). The minimum atomic E-state index is 0.211. The molecule has 0 saturated carbocycles. The van der Waals surface area contributed by atoms with Crippen LogP contribution in [0, 0.1) is 6.92 Å². The number of nitrogens with zero attached hydrogens (tertiary/aromatic N) is 2. The summed E-state index contributed by atoms with van der Waals surface area (Å²) in [6.45, 7) is 5.98. The Bertz CT molecular complexity index is 1170. The molecule has 1 N–H and O–H groups in total. The van der Waals surface area contributed by atoms with Gasteiger partial charge in [0, 0.05) is 35.7 Å². The van der Waals surface area contributed by atoms with Crippen molar-refractivity contribution in [3.63, 3.8) is 0 Å². The van der Waals surface area contributed by atoms with Gasteiger partial charge in [-0.3, -0.25) is 0 Å². The van der Waals surface area contributed by atoms with Crippen LogP contribution in [-0.4, -0.2) is 16.4 Å². The van der Waals surface area contributed by atoms with Crippen LogP contribution in [0.3, 0.4) is 0 Å². The van der Waals surface area contributed by atoms with E-state index in [2.05, 4.69) is 84.5 Å². The fraction of sp³-hybridized carbons (Fsp3) is 0.240. The minimum Gasteiger partial charge on any atom is -0.493 e. The zero-order chi connectivity index (χ0) is 19.8. The van der Waals surface area contributed by atoms with E-state index in [0.717, 1.165) is 31.0 Å². The molecular formula is C25H25N3O. The summed E-state index contributed by atoms with van der Waals surface area (Å²) in [5.41, 5.74) is 6.13. The summed E-state index contributed by atoms with van der Waals surface area (Å²) < 4.78 is 7.67. The predicted octanol–water partition coefficient (Wildman–Crippen LogP) is 5.12. The van der Waals surface area contributed by atoms with E-state index in [1.807, 2.05) is 6.20 Å². The summed E-state index contributed by atoms with van der Waals surface area (Å²) in [6, 6.07) is 21.5. The van der Waals surface area contributed by atoms with Crippen LogP contribution in [0.25, 0.3) is 16.5 Å². The lowest BCUT2D eigenvalue weighted by atomic mass is 10.1. The molecule has 0 saturated heterocycles. The monoisotopic (exact) mass is 383 g/mol. The molecule has 4 heteroatoms. The maximum Gasteiger partial charge on any atom is 0.122 e. The molecule has 0 bridgehead atoms. The van der Waals surface area contributed by atoms with Crippen molar-refractivity contribution in [2.75, 3.05) is 6.61 Å². The van der Waals surface area contributed by atoms with Gasteiger partial charge >= 0.3 is 0 Å². The third-order valence-electron chi connectivity index (χ3n) is 5.88. The molecule has 0 spiro atoms. The maximum absolute atomic E-state index is 5.61. The number of rotatable bonds is 5. The number of hydrogen-bond acceptors (Lipinski definition) is 3. The standard InChI is InChI=1S/C25H25N3O/c1-17(26-15-19-10-11-25-21(14-19)12-13-29-25)23-16-27-28(18(23)2)24-9-5-7-20-6-3-4-8-22(20)24/h3-11,14,16-17,26H,12-13,15H2,1-2H3. The maximum atomic E-state index is 5.61. The minimum absolute atomic E-state index is 0.211. The lowest BCUT2D eigenvalue weighted by Gasteiger charge is -2.15. The van der Waals surface area contributed by atoms with E-state index in [9.17, 15) is 0 Å². The van der Waals surface area contributed by atoms with Crippen molar-refractivity contribution < 1.29 is 4.74 Å². The molecule has 0 fully saturated rings. The summed E-state index contributed by atoms with van der Waals surface area (Å²) in [6.07, 6.45) is 3.00. The Labute approximate surface area is 171 Å². The highest BCUT2D eigenvalue weighted by Crippen LogP contribution is 2.28. The van der Waals surface area contributed by atoms with Crippen LogP contribution in [0.2, 0.25) is 0 Å². The highest BCUT2D eigenvalue weighted by atomic mass is 16.5. The largest absolute Gasteiger partial charge is 0.493 e. The van der Waals surface area contributed by atoms with Gasteiger partial charge in [-0.1, -0.05) is 48.5 Å². The first kappa shape index (κ1) is 18.0. The van der Waals surface area contributed by atoms with E-state index in [0.29, 0.717) is 0 Å². The predicted molar refractivity (Wildman–Crippen MR) is 117 cm³/mol. The van der Waals surface area contributed by atoms with Crippen molar-refractivity contribution in [2.45, 2.75) is 32.9 Å². The molecule has 1 aliphatic rings. The molecule has 29 heavy (non-hydrogen) atoms. The zero-order valence-electron chi connectivity index (χ0n) is 16.9. The first-order valence-electron chi connectivity index (χ1n) is 10.2. The highest BCUT2D eigenvalue weighted by Gasteiger charge is 2.16. The van der Waals surface area contributed by atoms with E-state index in [1.165, 1.54) is 33.2 Å². The van der Waals surface area contributed by atoms with Gasteiger partial charge in [0.25, 0.3) is 0 Å². The third kappa shape index (κ3) is 3.30. The van der Waals surface area contributed by atoms with Crippen LogP contribution in [0.5, 0.6) is 5.75 Å². The van der Waals surface area contributed by atoms with Gasteiger partial charge in [-0.25, -0.2) is 4.68 Å². The van der Waals surface area contributed by atoms with E-state index in [1.54, 1.807) is 0 Å². The Balaban J connectivity index is 1.37. The Hall–Kier alpha value is -3.11. The first-order valence-corrected chi connectivity index (χ1v) is 10.2. The van der Waals surface area contributed by atoms with Crippen LogP contribution in [0.4, 0.5) is 0 Å². The van der Waals surface area contributed by atoms with Gasteiger partial charge in [-0.2, -0.15) is 5.10 Å². The second-order valence-electron chi connectivity index (χ2n) is 7.74. The summed E-state index contributed by atoms with van der Waals surface area (Å²) >= 11 is 0. The fourth-order valence-electron chi connectivity index (χ4n) is 4.21. The summed E-state index contributed by atoms with van der Waals surface area (Å²) in [7, 11) is 0. The normalized spacial score (nSPS) is 14.0. The average Bonchev–Trinajstić information content (AvgIpc) is 3.37. The Kier molecular flexibility index (Phi) is 4.57. The van der Waals surface area contributed by atoms with Crippen molar-refractivity contribution in [2.24, 2.45) is 0 Å². The molecule has 2 heterocycles. The second-order valence-corrected chi connectivity index (χ2v) is 7.74.